The number of carboxylic acids is 1. The smallest absolute Gasteiger partial charge is 0.346 e. The van der Waals surface area contributed by atoms with Gasteiger partial charge in [-0.2, -0.15) is 0 Å². The third kappa shape index (κ3) is 3.26. The fourth-order valence-corrected chi connectivity index (χ4v) is 4.91. The number of benzene rings is 1. The molecule has 136 valence electrons. The second-order valence-corrected chi connectivity index (χ2v) is 7.80. The molecule has 9 heteroatoms. The first-order chi connectivity index (χ1) is 13.0. The topological polar surface area (TPSA) is 101 Å². The van der Waals surface area contributed by atoms with Crippen LogP contribution in [0.15, 0.2) is 52.7 Å². The predicted octanol–water partition coefficient (Wildman–Crippen LogP) is 3.47. The van der Waals surface area contributed by atoms with Crippen LogP contribution in [0.25, 0.3) is 15.9 Å². The molecule has 4 aromatic rings. The van der Waals surface area contributed by atoms with Gasteiger partial charge in [-0.3, -0.25) is 9.36 Å². The van der Waals surface area contributed by atoms with Gasteiger partial charge in [0.25, 0.3) is 0 Å². The first-order valence-corrected chi connectivity index (χ1v) is 9.81. The van der Waals surface area contributed by atoms with Crippen LogP contribution in [0, 0.1) is 6.92 Å². The molecule has 0 unspecified atom stereocenters. The quantitative estimate of drug-likeness (QED) is 0.499. The Balaban J connectivity index is 1.71. The van der Waals surface area contributed by atoms with Gasteiger partial charge in [0, 0.05) is 22.9 Å². The lowest BCUT2D eigenvalue weighted by molar-refractivity contribution is 0.0701. The molecule has 0 radical (unpaired) electrons. The van der Waals surface area contributed by atoms with Crippen molar-refractivity contribution in [3.63, 3.8) is 0 Å². The van der Waals surface area contributed by atoms with Gasteiger partial charge in [-0.1, -0.05) is 30.0 Å². The third-order valence-electron chi connectivity index (χ3n) is 4.11. The number of aryl methyl sites for hydroxylation is 1. The van der Waals surface area contributed by atoms with E-state index >= 15 is 0 Å². The van der Waals surface area contributed by atoms with Crippen molar-refractivity contribution in [2.24, 2.45) is 0 Å². The second-order valence-electron chi connectivity index (χ2n) is 5.83. The van der Waals surface area contributed by atoms with Crippen molar-refractivity contribution in [2.45, 2.75) is 17.8 Å². The molecule has 2 N–H and O–H groups in total. The number of H-pyrrole nitrogens is 1. The molecule has 0 atom stereocenters. The maximum absolute atomic E-state index is 12.0. The molecule has 0 amide bonds. The summed E-state index contributed by atoms with van der Waals surface area (Å²) in [6, 6.07) is 11.2. The van der Waals surface area contributed by atoms with Crippen LogP contribution in [-0.2, 0) is 5.75 Å². The maximum atomic E-state index is 12.0. The van der Waals surface area contributed by atoms with E-state index in [1.165, 1.54) is 17.8 Å². The molecule has 3 aromatic heterocycles. The summed E-state index contributed by atoms with van der Waals surface area (Å²) in [7, 11) is 0. The number of nitrogens with zero attached hydrogens (tertiary/aromatic N) is 3. The Bertz CT molecular complexity index is 1190. The number of para-hydroxylation sites is 1. The predicted molar refractivity (Wildman–Crippen MR) is 105 cm³/mol. The van der Waals surface area contributed by atoms with Gasteiger partial charge in [0.05, 0.1) is 0 Å². The fourth-order valence-electron chi connectivity index (χ4n) is 2.92. The Kier molecular flexibility index (Phi) is 4.54. The molecule has 0 spiro atoms. The number of carboxylic acid groups (broad SMARTS) is 1. The van der Waals surface area contributed by atoms with Crippen molar-refractivity contribution in [3.05, 3.63) is 69.1 Å². The van der Waals surface area contributed by atoms with Gasteiger partial charge in [-0.25, -0.2) is 4.79 Å². The molecule has 0 saturated heterocycles. The number of aromatic carboxylic acids is 1. The number of hydrogen-bond donors (Lipinski definition) is 2. The van der Waals surface area contributed by atoms with Gasteiger partial charge in [0.15, 0.2) is 5.16 Å². The fraction of sp³-hybridized carbons (Fsp3) is 0.111. The van der Waals surface area contributed by atoms with Crippen LogP contribution in [0.3, 0.4) is 0 Å². The SMILES string of the molecule is Cc1c(C(=O)O)sc2[nH]c(=O)cc(CSc3nncn3-c3ccccc3)c12. The number of aromatic amines is 1. The number of thiophene rings is 1. The minimum Gasteiger partial charge on any atom is -0.477 e. The molecule has 0 bridgehead atoms. The molecule has 27 heavy (non-hydrogen) atoms. The van der Waals surface area contributed by atoms with E-state index in [1.54, 1.807) is 13.3 Å². The molecule has 0 fully saturated rings. The summed E-state index contributed by atoms with van der Waals surface area (Å²) in [5.41, 5.74) is 2.14. The first-order valence-electron chi connectivity index (χ1n) is 8.01. The lowest BCUT2D eigenvalue weighted by Crippen LogP contribution is -2.05. The highest BCUT2D eigenvalue weighted by molar-refractivity contribution is 7.98. The van der Waals surface area contributed by atoms with Crippen molar-refractivity contribution >= 4 is 39.3 Å². The highest BCUT2D eigenvalue weighted by Crippen LogP contribution is 2.33. The summed E-state index contributed by atoms with van der Waals surface area (Å²) in [6.07, 6.45) is 1.64. The number of carbonyl (C=O) groups is 1. The number of hydrogen-bond acceptors (Lipinski definition) is 6. The van der Waals surface area contributed by atoms with Gasteiger partial charge < -0.3 is 10.1 Å². The minimum atomic E-state index is -0.989. The van der Waals surface area contributed by atoms with E-state index < -0.39 is 5.97 Å². The van der Waals surface area contributed by atoms with Gasteiger partial charge in [-0.05, 0) is 30.2 Å². The van der Waals surface area contributed by atoms with Gasteiger partial charge in [-0.15, -0.1) is 21.5 Å². The summed E-state index contributed by atoms with van der Waals surface area (Å²) in [5.74, 6) is -0.514. The van der Waals surface area contributed by atoms with Crippen molar-refractivity contribution in [2.75, 3.05) is 0 Å². The zero-order valence-electron chi connectivity index (χ0n) is 14.2. The van der Waals surface area contributed by atoms with E-state index in [0.29, 0.717) is 21.3 Å². The summed E-state index contributed by atoms with van der Waals surface area (Å²) in [5, 5.41) is 19.0. The van der Waals surface area contributed by atoms with E-state index in [2.05, 4.69) is 15.2 Å². The van der Waals surface area contributed by atoms with Gasteiger partial charge in [0.2, 0.25) is 5.56 Å². The van der Waals surface area contributed by atoms with Crippen LogP contribution in [0.4, 0.5) is 0 Å². The zero-order chi connectivity index (χ0) is 19.0. The van der Waals surface area contributed by atoms with Gasteiger partial charge in [0.1, 0.15) is 16.0 Å². The molecule has 1 aromatic carbocycles. The number of fused-ring (bicyclic) bond motifs is 1. The maximum Gasteiger partial charge on any atom is 0.346 e. The Morgan fingerprint density at radius 2 is 2.11 bits per heavy atom. The van der Waals surface area contributed by atoms with E-state index in [9.17, 15) is 14.7 Å². The first kappa shape index (κ1) is 17.5. The van der Waals surface area contributed by atoms with Crippen molar-refractivity contribution in [3.8, 4) is 5.69 Å². The Hall–Kier alpha value is -2.91. The molecular formula is C18H14N4O3S2. The Morgan fingerprint density at radius 3 is 2.85 bits per heavy atom. The third-order valence-corrected chi connectivity index (χ3v) is 6.30. The molecule has 0 aliphatic rings. The molecule has 0 aliphatic carbocycles. The Labute approximate surface area is 161 Å². The van der Waals surface area contributed by atoms with Crippen LogP contribution in [0.2, 0.25) is 0 Å². The molecule has 0 aliphatic heterocycles. The number of aromatic nitrogens is 4. The lowest BCUT2D eigenvalue weighted by atomic mass is 10.1. The molecule has 4 rings (SSSR count). The average Bonchev–Trinajstić information content (AvgIpc) is 3.25. The second kappa shape index (κ2) is 7.01. The number of pyridine rings is 1. The minimum absolute atomic E-state index is 0.241. The van der Waals surface area contributed by atoms with Crippen LogP contribution in [0.1, 0.15) is 20.8 Å². The van der Waals surface area contributed by atoms with Crippen LogP contribution in [0.5, 0.6) is 0 Å². The van der Waals surface area contributed by atoms with Crippen LogP contribution in [-0.4, -0.2) is 30.8 Å². The summed E-state index contributed by atoms with van der Waals surface area (Å²) >= 11 is 2.53. The van der Waals surface area contributed by atoms with E-state index in [0.717, 1.165) is 28.0 Å². The number of nitrogens with one attached hydrogen (secondary N) is 1. The monoisotopic (exact) mass is 398 g/mol. The van der Waals surface area contributed by atoms with Gasteiger partial charge >= 0.3 is 5.97 Å². The summed E-state index contributed by atoms with van der Waals surface area (Å²) in [6.45, 7) is 1.77. The van der Waals surface area contributed by atoms with Crippen molar-refractivity contribution in [1.82, 2.24) is 19.7 Å². The molecule has 7 nitrogen and oxygen atoms in total. The van der Waals surface area contributed by atoms with Crippen molar-refractivity contribution < 1.29 is 9.90 Å². The van der Waals surface area contributed by atoms with E-state index in [4.69, 9.17) is 0 Å². The van der Waals surface area contributed by atoms with Crippen LogP contribution >= 0.6 is 23.1 Å². The summed E-state index contributed by atoms with van der Waals surface area (Å²) in [4.78, 5) is 27.0. The largest absolute Gasteiger partial charge is 0.477 e. The Morgan fingerprint density at radius 1 is 1.33 bits per heavy atom. The van der Waals surface area contributed by atoms with Crippen molar-refractivity contribution in [1.29, 1.82) is 0 Å². The highest BCUT2D eigenvalue weighted by atomic mass is 32.2. The molecule has 0 saturated carbocycles. The zero-order valence-corrected chi connectivity index (χ0v) is 15.8. The molecule has 3 heterocycles. The van der Waals surface area contributed by atoms with Crippen LogP contribution < -0.4 is 5.56 Å². The van der Waals surface area contributed by atoms with E-state index in [1.807, 2.05) is 34.9 Å². The van der Waals surface area contributed by atoms with E-state index in [-0.39, 0.29) is 10.4 Å². The normalized spacial score (nSPS) is 11.1. The standard InChI is InChI=1S/C18H14N4O3S2/c1-10-14-11(7-13(23)20-16(14)27-15(10)17(24)25)8-26-18-21-19-9-22(18)12-5-3-2-4-6-12/h2-7,9H,8H2,1H3,(H,20,23)(H,24,25). The lowest BCUT2D eigenvalue weighted by Gasteiger charge is -2.07. The average molecular weight is 398 g/mol. The summed E-state index contributed by atoms with van der Waals surface area (Å²) < 4.78 is 1.87. The highest BCUT2D eigenvalue weighted by Gasteiger charge is 2.18. The number of thioether (sulfide) groups is 1. The molecular weight excluding hydrogens is 384 g/mol. The number of rotatable bonds is 5.